The normalized spacial score (nSPS) is 11.6. The molecular formula is C39H77N7O10S. The van der Waals surface area contributed by atoms with Crippen molar-refractivity contribution in [2.45, 2.75) is 162 Å². The number of aliphatic carboxylic acids is 1. The van der Waals surface area contributed by atoms with Gasteiger partial charge < -0.3 is 25.2 Å². The summed E-state index contributed by atoms with van der Waals surface area (Å²) in [7, 11) is -3.74. The number of rotatable bonds is 37. The van der Waals surface area contributed by atoms with Gasteiger partial charge in [-0.3, -0.25) is 28.7 Å². The summed E-state index contributed by atoms with van der Waals surface area (Å²) in [5.41, 5.74) is 0. The fourth-order valence-corrected chi connectivity index (χ4v) is 6.57. The fraction of sp³-hybridized carbons (Fsp3) is 0.846. The van der Waals surface area contributed by atoms with Crippen molar-refractivity contribution in [3.8, 4) is 0 Å². The van der Waals surface area contributed by atoms with E-state index in [0.29, 0.717) is 25.8 Å². The molecule has 3 amide bonds. The molecule has 17 nitrogen and oxygen atoms in total. The Kier molecular flexibility index (Phi) is 34.5. The summed E-state index contributed by atoms with van der Waals surface area (Å²) in [5.74, 6) is -1.82. The summed E-state index contributed by atoms with van der Waals surface area (Å²) in [6, 6.07) is 0. The van der Waals surface area contributed by atoms with E-state index in [1.54, 1.807) is 6.92 Å². The third-order valence-corrected chi connectivity index (χ3v) is 10.3. The first-order valence-corrected chi connectivity index (χ1v) is 22.7. The van der Waals surface area contributed by atoms with Crippen molar-refractivity contribution in [2.75, 3.05) is 45.3 Å². The molecule has 0 aromatic carbocycles. The standard InChI is InChI=1S/C25H45N3O10S.C14H28N4.2H2/c1-3-4-9-23(31)28-39(35,36)18-7-10-22(30)27-14-15-37-16-17-38-19-24(32)26-13-6-5-8-20(2)21(29)11-12-25(33)34;1-2-3-4-5-6-7-8-9-10-11-12-13-14-15-17-18-16-14;;/h20H,3-19H2,1-2H3,(H,26,32)(H,27,30)(H,28,31)(H,33,34);2-13H2,1H3,(H,15,16,17,18);2*1H/t20-;;;/m1.../s1. The van der Waals surface area contributed by atoms with E-state index >= 15 is 0 Å². The first kappa shape index (κ1) is 53.5. The Balaban J connectivity index is -0.00000131. The van der Waals surface area contributed by atoms with Crippen LogP contribution in [0.3, 0.4) is 0 Å². The average Bonchev–Trinajstić information content (AvgIpc) is 3.69. The van der Waals surface area contributed by atoms with Gasteiger partial charge in [-0.05, 0) is 32.1 Å². The number of nitrogens with one attached hydrogen (secondary N) is 4. The highest BCUT2D eigenvalue weighted by Gasteiger charge is 2.15. The first-order valence-electron chi connectivity index (χ1n) is 21.1. The molecule has 0 radical (unpaired) electrons. The third-order valence-electron chi connectivity index (χ3n) is 8.93. The second kappa shape index (κ2) is 36.8. The van der Waals surface area contributed by atoms with Gasteiger partial charge in [0.15, 0.2) is 5.82 Å². The number of H-pyrrole nitrogens is 1. The van der Waals surface area contributed by atoms with Crippen LogP contribution >= 0.6 is 0 Å². The van der Waals surface area contributed by atoms with Crippen molar-refractivity contribution in [1.82, 2.24) is 36.0 Å². The van der Waals surface area contributed by atoms with E-state index in [4.69, 9.17) is 14.6 Å². The number of ether oxygens (including phenoxy) is 2. The van der Waals surface area contributed by atoms with E-state index in [1.807, 2.05) is 11.6 Å². The van der Waals surface area contributed by atoms with Crippen molar-refractivity contribution in [3.63, 3.8) is 0 Å². The lowest BCUT2D eigenvalue weighted by Gasteiger charge is -2.10. The molecule has 1 aromatic rings. The smallest absolute Gasteiger partial charge is 0.303 e. The van der Waals surface area contributed by atoms with Crippen molar-refractivity contribution >= 4 is 39.5 Å². The second-order valence-corrected chi connectivity index (χ2v) is 16.1. The fourth-order valence-electron chi connectivity index (χ4n) is 5.50. The van der Waals surface area contributed by atoms with E-state index in [1.165, 1.54) is 70.6 Å². The molecule has 0 bridgehead atoms. The van der Waals surface area contributed by atoms with E-state index < -0.39 is 21.9 Å². The minimum absolute atomic E-state index is 0. The van der Waals surface area contributed by atoms with Gasteiger partial charge in [0, 0.05) is 47.5 Å². The summed E-state index contributed by atoms with van der Waals surface area (Å²) < 4.78 is 36.2. The molecule has 5 N–H and O–H groups in total. The molecule has 18 heteroatoms. The number of carboxylic acid groups (broad SMARTS) is 1. The summed E-state index contributed by atoms with van der Waals surface area (Å²) in [6.07, 6.45) is 19.7. The zero-order valence-corrected chi connectivity index (χ0v) is 35.8. The molecule has 0 saturated carbocycles. The maximum Gasteiger partial charge on any atom is 0.303 e. The highest BCUT2D eigenvalue weighted by Crippen LogP contribution is 2.13. The molecule has 0 aliphatic carbocycles. The molecule has 0 saturated heterocycles. The highest BCUT2D eigenvalue weighted by atomic mass is 32.2. The number of amides is 3. The third kappa shape index (κ3) is 36.6. The number of tetrazole rings is 1. The number of ketones is 1. The number of sulfonamides is 1. The highest BCUT2D eigenvalue weighted by molar-refractivity contribution is 7.90. The van der Waals surface area contributed by atoms with Crippen LogP contribution in [0.1, 0.15) is 164 Å². The molecule has 0 unspecified atom stereocenters. The van der Waals surface area contributed by atoms with Gasteiger partial charge in [-0.2, -0.15) is 5.21 Å². The van der Waals surface area contributed by atoms with Crippen LogP contribution in [0.4, 0.5) is 0 Å². The average molecular weight is 836 g/mol. The summed E-state index contributed by atoms with van der Waals surface area (Å²) in [5, 5.41) is 27.9. The Hall–Kier alpha value is -3.51. The quantitative estimate of drug-likeness (QED) is 0.0524. The van der Waals surface area contributed by atoms with E-state index in [9.17, 15) is 32.4 Å². The van der Waals surface area contributed by atoms with Gasteiger partial charge in [-0.25, -0.2) is 8.42 Å². The molecule has 0 fully saturated rings. The topological polar surface area (TPSA) is 249 Å². The number of carbonyl (C=O) groups excluding carboxylic acids is 4. The predicted molar refractivity (Wildman–Crippen MR) is 222 cm³/mol. The van der Waals surface area contributed by atoms with Crippen molar-refractivity contribution in [1.29, 1.82) is 0 Å². The van der Waals surface area contributed by atoms with Crippen LogP contribution in [0.2, 0.25) is 0 Å². The number of nitrogens with zero attached hydrogens (tertiary/aromatic N) is 3. The van der Waals surface area contributed by atoms with Gasteiger partial charge in [0.25, 0.3) is 0 Å². The van der Waals surface area contributed by atoms with Gasteiger partial charge in [-0.1, -0.05) is 103 Å². The van der Waals surface area contributed by atoms with Crippen LogP contribution in [0.25, 0.3) is 0 Å². The molecule has 1 aromatic heterocycles. The monoisotopic (exact) mass is 836 g/mol. The van der Waals surface area contributed by atoms with Crippen LogP contribution in [0.5, 0.6) is 0 Å². The summed E-state index contributed by atoms with van der Waals surface area (Å²) >= 11 is 0. The maximum absolute atomic E-state index is 11.8. The zero-order chi connectivity index (χ0) is 42.4. The van der Waals surface area contributed by atoms with E-state index in [2.05, 4.69) is 38.2 Å². The van der Waals surface area contributed by atoms with Crippen LogP contribution in [0.15, 0.2) is 0 Å². The minimum Gasteiger partial charge on any atom is -0.481 e. The van der Waals surface area contributed by atoms with Gasteiger partial charge in [-0.15, -0.1) is 10.2 Å². The Morgan fingerprint density at radius 3 is 1.95 bits per heavy atom. The maximum atomic E-state index is 11.8. The molecule has 57 heavy (non-hydrogen) atoms. The van der Waals surface area contributed by atoms with Gasteiger partial charge in [0.05, 0.1) is 32.0 Å². The lowest BCUT2D eigenvalue weighted by Crippen LogP contribution is -2.33. The zero-order valence-electron chi connectivity index (χ0n) is 35.0. The largest absolute Gasteiger partial charge is 0.481 e. The first-order chi connectivity index (χ1) is 27.4. The molecule has 0 spiro atoms. The number of carboxylic acids is 1. The van der Waals surface area contributed by atoms with Crippen molar-refractivity contribution in [2.24, 2.45) is 5.92 Å². The number of aromatic nitrogens is 4. The lowest BCUT2D eigenvalue weighted by molar-refractivity contribution is -0.139. The van der Waals surface area contributed by atoms with E-state index in [-0.39, 0.29) is 97.2 Å². The summed E-state index contributed by atoms with van der Waals surface area (Å²) in [6.45, 7) is 7.17. The Morgan fingerprint density at radius 2 is 1.32 bits per heavy atom. The summed E-state index contributed by atoms with van der Waals surface area (Å²) in [4.78, 5) is 57.4. The number of aryl methyl sites for hydroxylation is 1. The molecule has 334 valence electrons. The van der Waals surface area contributed by atoms with E-state index in [0.717, 1.165) is 25.1 Å². The molecule has 1 heterocycles. The molecule has 0 aliphatic rings. The van der Waals surface area contributed by atoms with Crippen molar-refractivity contribution < 1.29 is 49.8 Å². The lowest BCUT2D eigenvalue weighted by atomic mass is 9.96. The molecule has 0 aliphatic heterocycles. The van der Waals surface area contributed by atoms with Crippen LogP contribution in [-0.4, -0.2) is 109 Å². The van der Waals surface area contributed by atoms with Crippen LogP contribution < -0.4 is 15.4 Å². The van der Waals surface area contributed by atoms with Gasteiger partial charge >= 0.3 is 5.97 Å². The minimum atomic E-state index is -3.74. The number of aromatic amines is 1. The molecule has 1 atom stereocenters. The molecule has 1 rings (SSSR count). The SMILES string of the molecule is CCCCC(=O)NS(=O)(=O)CCCC(=O)NCCOCCOCC(=O)NCCCC[C@@H](C)C(=O)CCC(=O)O.CCCCCCCCCCCCCc1nn[nH]n1.[HH].[HH]. The second-order valence-electron chi connectivity index (χ2n) is 14.3. The number of hydrogen-bond acceptors (Lipinski definition) is 12. The number of Topliss-reactive ketones (excluding diaryl/α,β-unsaturated/α-hetero) is 1. The van der Waals surface area contributed by atoms with Crippen LogP contribution in [-0.2, 0) is 49.9 Å². The Bertz CT molecular complexity index is 1310. The molecular weight excluding hydrogens is 759 g/mol. The number of unbranched alkanes of at least 4 members (excludes halogenated alkanes) is 12. The van der Waals surface area contributed by atoms with Crippen LogP contribution in [0, 0.1) is 5.92 Å². The Morgan fingerprint density at radius 1 is 0.702 bits per heavy atom. The number of carbonyl (C=O) groups is 5. The predicted octanol–water partition coefficient (Wildman–Crippen LogP) is 5.45. The number of hydrogen-bond donors (Lipinski definition) is 5. The van der Waals surface area contributed by atoms with Gasteiger partial charge in [0.1, 0.15) is 12.4 Å². The Labute approximate surface area is 343 Å². The van der Waals surface area contributed by atoms with Gasteiger partial charge in [0.2, 0.25) is 27.7 Å². The van der Waals surface area contributed by atoms with Crippen molar-refractivity contribution in [3.05, 3.63) is 5.82 Å².